The smallest absolute Gasteiger partial charge is 0.143 e. The van der Waals surface area contributed by atoms with Crippen LogP contribution in [0.15, 0.2) is 205 Å². The largest absolute Gasteiger partial charge is 0.455 e. The van der Waals surface area contributed by atoms with Gasteiger partial charge in [0.1, 0.15) is 11.2 Å². The molecule has 0 fully saturated rings. The summed E-state index contributed by atoms with van der Waals surface area (Å²) in [4.78, 5) is 2.39. The fourth-order valence-corrected chi connectivity index (χ4v) is 7.73. The van der Waals surface area contributed by atoms with Crippen molar-refractivity contribution in [2.24, 2.45) is 0 Å². The van der Waals surface area contributed by atoms with E-state index in [1.807, 2.05) is 0 Å². The first-order valence-corrected chi connectivity index (χ1v) is 17.8. The molecule has 244 valence electrons. The van der Waals surface area contributed by atoms with E-state index in [1.165, 1.54) is 32.7 Å². The average molecular weight is 664 g/mol. The van der Waals surface area contributed by atoms with Gasteiger partial charge in [0.2, 0.25) is 0 Å². The van der Waals surface area contributed by atoms with Crippen molar-refractivity contribution in [2.45, 2.75) is 0 Å². The van der Waals surface area contributed by atoms with Crippen molar-refractivity contribution in [3.8, 4) is 33.4 Å². The number of nitrogens with zero attached hydrogens (tertiary/aromatic N) is 1. The fraction of sp³-hybridized carbons (Fsp3) is 0. The maximum atomic E-state index is 6.83. The Morgan fingerprint density at radius 1 is 0.308 bits per heavy atom. The monoisotopic (exact) mass is 663 g/mol. The first-order chi connectivity index (χ1) is 25.8. The third-order valence-electron chi connectivity index (χ3n) is 10.2. The van der Waals surface area contributed by atoms with Crippen molar-refractivity contribution >= 4 is 60.5 Å². The van der Waals surface area contributed by atoms with Gasteiger partial charge in [0.25, 0.3) is 0 Å². The number of fused-ring (bicyclic) bond motifs is 5. The molecule has 0 aliphatic heterocycles. The van der Waals surface area contributed by atoms with Crippen LogP contribution in [-0.2, 0) is 0 Å². The molecule has 10 rings (SSSR count). The summed E-state index contributed by atoms with van der Waals surface area (Å²) >= 11 is 0. The van der Waals surface area contributed by atoms with E-state index in [-0.39, 0.29) is 0 Å². The number of hydrogen-bond donors (Lipinski definition) is 0. The van der Waals surface area contributed by atoms with Crippen LogP contribution in [0, 0.1) is 0 Å². The zero-order chi connectivity index (χ0) is 34.4. The van der Waals surface area contributed by atoms with E-state index in [1.54, 1.807) is 0 Å². The van der Waals surface area contributed by atoms with Gasteiger partial charge in [-0.1, -0.05) is 164 Å². The Labute approximate surface area is 302 Å². The van der Waals surface area contributed by atoms with Gasteiger partial charge in [0.05, 0.1) is 5.69 Å². The van der Waals surface area contributed by atoms with E-state index in [0.29, 0.717) is 0 Å². The molecule has 9 aromatic carbocycles. The SMILES string of the molecule is c1ccc(-c2cccc3c2oc2c(-c4cccc(N(c5cccc(-c6ccc7ccccc7c6)c5)c5cccc6ccccc56)c4)cccc23)cc1. The fourth-order valence-electron chi connectivity index (χ4n) is 7.73. The third kappa shape index (κ3) is 5.12. The van der Waals surface area contributed by atoms with Crippen molar-refractivity contribution in [1.29, 1.82) is 0 Å². The number of anilines is 3. The van der Waals surface area contributed by atoms with Crippen LogP contribution in [0.2, 0.25) is 0 Å². The van der Waals surface area contributed by atoms with Crippen molar-refractivity contribution in [2.75, 3.05) is 4.90 Å². The second kappa shape index (κ2) is 12.5. The van der Waals surface area contributed by atoms with Crippen LogP contribution in [0.25, 0.3) is 76.9 Å². The zero-order valence-electron chi connectivity index (χ0n) is 28.4. The second-order valence-electron chi connectivity index (χ2n) is 13.3. The van der Waals surface area contributed by atoms with Crippen LogP contribution in [0.5, 0.6) is 0 Å². The van der Waals surface area contributed by atoms with Gasteiger partial charge in [-0.15, -0.1) is 0 Å². The van der Waals surface area contributed by atoms with Crippen molar-refractivity contribution in [1.82, 2.24) is 0 Å². The molecule has 0 spiro atoms. The lowest BCUT2D eigenvalue weighted by atomic mass is 9.99. The number of rotatable bonds is 6. The number of benzene rings is 9. The minimum Gasteiger partial charge on any atom is -0.455 e. The van der Waals surface area contributed by atoms with Crippen LogP contribution in [0.4, 0.5) is 17.1 Å². The van der Waals surface area contributed by atoms with Crippen molar-refractivity contribution < 1.29 is 4.42 Å². The molecule has 0 saturated heterocycles. The van der Waals surface area contributed by atoms with Crippen LogP contribution in [0.3, 0.4) is 0 Å². The highest BCUT2D eigenvalue weighted by Gasteiger charge is 2.19. The van der Waals surface area contributed by atoms with Gasteiger partial charge in [-0.05, 0) is 74.8 Å². The molecule has 0 radical (unpaired) electrons. The van der Waals surface area contributed by atoms with Crippen LogP contribution in [-0.4, -0.2) is 0 Å². The van der Waals surface area contributed by atoms with Crippen LogP contribution >= 0.6 is 0 Å². The summed E-state index contributed by atoms with van der Waals surface area (Å²) in [7, 11) is 0. The molecule has 1 aromatic heterocycles. The van der Waals surface area contributed by atoms with Gasteiger partial charge in [0.15, 0.2) is 0 Å². The van der Waals surface area contributed by atoms with Crippen molar-refractivity contribution in [3.63, 3.8) is 0 Å². The van der Waals surface area contributed by atoms with Gasteiger partial charge in [-0.25, -0.2) is 0 Å². The second-order valence-corrected chi connectivity index (χ2v) is 13.3. The standard InChI is InChI=1S/C50H33NO/c1-2-14-36(15-3-1)44-24-11-26-46-47-27-12-25-45(50(47)52-49(44)46)40-20-9-22-42(33-40)51(48-28-10-18-35-16-6-7-23-43(35)48)41-21-8-19-38(32-41)39-30-29-34-13-4-5-17-37(34)31-39/h1-33H. The molecule has 0 N–H and O–H groups in total. The summed E-state index contributed by atoms with van der Waals surface area (Å²) < 4.78 is 6.83. The summed E-state index contributed by atoms with van der Waals surface area (Å²) in [6.45, 7) is 0. The molecule has 0 amide bonds. The van der Waals surface area contributed by atoms with E-state index in [0.717, 1.165) is 61.3 Å². The Balaban J connectivity index is 1.15. The number of para-hydroxylation sites is 2. The summed E-state index contributed by atoms with van der Waals surface area (Å²) in [5.74, 6) is 0. The van der Waals surface area contributed by atoms with Gasteiger partial charge in [0, 0.05) is 38.7 Å². The molecular weight excluding hydrogens is 631 g/mol. The lowest BCUT2D eigenvalue weighted by Crippen LogP contribution is -2.10. The Morgan fingerprint density at radius 2 is 0.827 bits per heavy atom. The highest BCUT2D eigenvalue weighted by atomic mass is 16.3. The Kier molecular flexibility index (Phi) is 7.18. The van der Waals surface area contributed by atoms with E-state index >= 15 is 0 Å². The topological polar surface area (TPSA) is 16.4 Å². The quantitative estimate of drug-likeness (QED) is 0.176. The molecule has 2 nitrogen and oxygen atoms in total. The predicted octanol–water partition coefficient (Wildman–Crippen LogP) is 14.4. The Morgan fingerprint density at radius 3 is 1.60 bits per heavy atom. The average Bonchev–Trinajstić information content (AvgIpc) is 3.61. The maximum Gasteiger partial charge on any atom is 0.143 e. The van der Waals surface area contributed by atoms with E-state index < -0.39 is 0 Å². The summed E-state index contributed by atoms with van der Waals surface area (Å²) in [5.41, 5.74) is 11.9. The van der Waals surface area contributed by atoms with Gasteiger partial charge < -0.3 is 9.32 Å². The highest BCUT2D eigenvalue weighted by molar-refractivity contribution is 6.13. The minimum atomic E-state index is 0.896. The van der Waals surface area contributed by atoms with Gasteiger partial charge in [-0.2, -0.15) is 0 Å². The van der Waals surface area contributed by atoms with Gasteiger partial charge in [-0.3, -0.25) is 0 Å². The molecule has 0 bridgehead atoms. The summed E-state index contributed by atoms with van der Waals surface area (Å²) in [6.07, 6.45) is 0. The first-order valence-electron chi connectivity index (χ1n) is 17.8. The Hall–Kier alpha value is -6.90. The lowest BCUT2D eigenvalue weighted by Gasteiger charge is -2.28. The van der Waals surface area contributed by atoms with Gasteiger partial charge >= 0.3 is 0 Å². The maximum absolute atomic E-state index is 6.83. The van der Waals surface area contributed by atoms with E-state index in [4.69, 9.17) is 4.42 Å². The number of hydrogen-bond acceptors (Lipinski definition) is 2. The normalized spacial score (nSPS) is 11.5. The summed E-state index contributed by atoms with van der Waals surface area (Å²) in [6, 6.07) is 71.6. The minimum absolute atomic E-state index is 0.896. The van der Waals surface area contributed by atoms with Crippen LogP contribution in [0.1, 0.15) is 0 Å². The van der Waals surface area contributed by atoms with E-state index in [2.05, 4.69) is 205 Å². The summed E-state index contributed by atoms with van der Waals surface area (Å²) in [5, 5.41) is 7.11. The first kappa shape index (κ1) is 30.0. The molecular formula is C50H33NO. The molecule has 2 heteroatoms. The number of furan rings is 1. The molecule has 0 atom stereocenters. The molecule has 0 aliphatic carbocycles. The zero-order valence-corrected chi connectivity index (χ0v) is 28.4. The highest BCUT2D eigenvalue weighted by Crippen LogP contribution is 2.44. The molecule has 52 heavy (non-hydrogen) atoms. The van der Waals surface area contributed by atoms with Crippen LogP contribution < -0.4 is 4.90 Å². The molecule has 10 aromatic rings. The molecule has 0 unspecified atom stereocenters. The third-order valence-corrected chi connectivity index (χ3v) is 10.2. The molecule has 1 heterocycles. The molecule has 0 saturated carbocycles. The lowest BCUT2D eigenvalue weighted by molar-refractivity contribution is 0.671. The van der Waals surface area contributed by atoms with E-state index in [9.17, 15) is 0 Å². The molecule has 0 aliphatic rings. The van der Waals surface area contributed by atoms with Crippen molar-refractivity contribution in [3.05, 3.63) is 200 Å². The predicted molar refractivity (Wildman–Crippen MR) is 220 cm³/mol. The Bertz CT molecular complexity index is 2910.